The topological polar surface area (TPSA) is 38.3 Å². The third-order valence-corrected chi connectivity index (χ3v) is 5.84. The summed E-state index contributed by atoms with van der Waals surface area (Å²) in [5.41, 5.74) is 4.01. The number of carbonyl (C=O) groups is 1. The van der Waals surface area contributed by atoms with E-state index in [0.717, 1.165) is 16.7 Å². The molecule has 3 aromatic carbocycles. The molecule has 0 fully saturated rings. The summed E-state index contributed by atoms with van der Waals surface area (Å²) in [5.74, 6) is 0.907. The van der Waals surface area contributed by atoms with Crippen molar-refractivity contribution in [2.45, 2.75) is 12.2 Å². The Bertz CT molecular complexity index is 929. The summed E-state index contributed by atoms with van der Waals surface area (Å²) in [6.07, 6.45) is 0. The maximum Gasteiger partial charge on any atom is 0.234 e. The van der Waals surface area contributed by atoms with Crippen molar-refractivity contribution in [3.8, 4) is 5.75 Å². The number of methoxy groups -OCH3 is 1. The van der Waals surface area contributed by atoms with Gasteiger partial charge in [-0.3, -0.25) is 4.79 Å². The number of benzene rings is 3. The van der Waals surface area contributed by atoms with Gasteiger partial charge in [-0.2, -0.15) is 0 Å². The van der Waals surface area contributed by atoms with Gasteiger partial charge in [0.15, 0.2) is 0 Å². The van der Waals surface area contributed by atoms with Crippen molar-refractivity contribution < 1.29 is 9.53 Å². The number of halogens is 1. The number of rotatable bonds is 7. The summed E-state index contributed by atoms with van der Waals surface area (Å²) in [7, 11) is 1.60. The molecule has 1 amide bonds. The Kier molecular flexibility index (Phi) is 7.01. The lowest BCUT2D eigenvalue weighted by Crippen LogP contribution is -2.16. The Balaban J connectivity index is 1.74. The SMILES string of the molecule is COc1ccc(C)cc1NC(=O)CS[C@@H](c1ccccc1)c1ccc(Cl)cc1. The van der Waals surface area contributed by atoms with Crippen LogP contribution < -0.4 is 10.1 Å². The van der Waals surface area contributed by atoms with Gasteiger partial charge in [-0.1, -0.05) is 60.1 Å². The molecule has 0 spiro atoms. The lowest BCUT2D eigenvalue weighted by molar-refractivity contribution is -0.113. The second kappa shape index (κ2) is 9.67. The molecule has 0 unspecified atom stereocenters. The van der Waals surface area contributed by atoms with Crippen LogP contribution in [0.15, 0.2) is 72.8 Å². The standard InChI is InChI=1S/C23H22ClNO2S/c1-16-8-13-21(27-2)20(14-16)25-22(26)15-28-23(17-6-4-3-5-7-17)18-9-11-19(24)12-10-18/h3-14,23H,15H2,1-2H3,(H,25,26)/t23-/m0/s1. The van der Waals surface area contributed by atoms with Crippen LogP contribution in [0.4, 0.5) is 5.69 Å². The summed E-state index contributed by atoms with van der Waals surface area (Å²) in [4.78, 5) is 12.6. The fraction of sp³-hybridized carbons (Fsp3) is 0.174. The Labute approximate surface area is 175 Å². The molecule has 1 N–H and O–H groups in total. The van der Waals surface area contributed by atoms with Crippen molar-refractivity contribution in [1.29, 1.82) is 0 Å². The van der Waals surface area contributed by atoms with Crippen LogP contribution in [0.25, 0.3) is 0 Å². The molecule has 0 aliphatic heterocycles. The predicted octanol–water partition coefficient (Wildman–Crippen LogP) is 6.12. The largest absolute Gasteiger partial charge is 0.495 e. The van der Waals surface area contributed by atoms with Gasteiger partial charge in [0.1, 0.15) is 5.75 Å². The van der Waals surface area contributed by atoms with Crippen LogP contribution in [-0.4, -0.2) is 18.8 Å². The van der Waals surface area contributed by atoms with E-state index in [9.17, 15) is 4.79 Å². The van der Waals surface area contributed by atoms with Crippen LogP contribution in [0, 0.1) is 6.92 Å². The van der Waals surface area contributed by atoms with E-state index in [1.165, 1.54) is 0 Å². The maximum atomic E-state index is 12.6. The van der Waals surface area contributed by atoms with Crippen molar-refractivity contribution in [3.05, 3.63) is 94.5 Å². The van der Waals surface area contributed by atoms with Crippen LogP contribution in [0.5, 0.6) is 5.75 Å². The average molecular weight is 412 g/mol. The van der Waals surface area contributed by atoms with Crippen molar-refractivity contribution in [1.82, 2.24) is 0 Å². The zero-order valence-corrected chi connectivity index (χ0v) is 17.4. The Morgan fingerprint density at radius 3 is 2.39 bits per heavy atom. The van der Waals surface area contributed by atoms with Gasteiger partial charge in [0.2, 0.25) is 5.91 Å². The highest BCUT2D eigenvalue weighted by Gasteiger charge is 2.17. The zero-order valence-electron chi connectivity index (χ0n) is 15.8. The van der Waals surface area contributed by atoms with Crippen molar-refractivity contribution >= 4 is 35.0 Å². The van der Waals surface area contributed by atoms with Crippen molar-refractivity contribution in [2.75, 3.05) is 18.2 Å². The molecular weight excluding hydrogens is 390 g/mol. The lowest BCUT2D eigenvalue weighted by Gasteiger charge is -2.18. The molecule has 0 aliphatic rings. The molecule has 0 saturated heterocycles. The van der Waals surface area contributed by atoms with Gasteiger partial charge >= 0.3 is 0 Å². The molecule has 1 atom stereocenters. The number of hydrogen-bond acceptors (Lipinski definition) is 3. The number of ether oxygens (including phenoxy) is 1. The first-order valence-corrected chi connectivity index (χ1v) is 10.4. The van der Waals surface area contributed by atoms with Gasteiger partial charge in [0, 0.05) is 5.02 Å². The molecule has 0 aromatic heterocycles. The van der Waals surface area contributed by atoms with Crippen LogP contribution in [0.1, 0.15) is 21.9 Å². The number of amides is 1. The van der Waals surface area contributed by atoms with Crippen LogP contribution in [0.3, 0.4) is 0 Å². The normalized spacial score (nSPS) is 11.7. The number of hydrogen-bond donors (Lipinski definition) is 1. The molecule has 3 aromatic rings. The molecule has 0 heterocycles. The maximum absolute atomic E-state index is 12.6. The Morgan fingerprint density at radius 1 is 1.04 bits per heavy atom. The summed E-state index contributed by atoms with van der Waals surface area (Å²) in [6, 6.07) is 23.7. The van der Waals surface area contributed by atoms with Crippen molar-refractivity contribution in [3.63, 3.8) is 0 Å². The Morgan fingerprint density at radius 2 is 1.71 bits per heavy atom. The zero-order chi connectivity index (χ0) is 19.9. The summed E-state index contributed by atoms with van der Waals surface area (Å²) >= 11 is 7.62. The smallest absolute Gasteiger partial charge is 0.234 e. The van der Waals surface area contributed by atoms with E-state index >= 15 is 0 Å². The fourth-order valence-corrected chi connectivity index (χ4v) is 4.13. The number of anilines is 1. The molecular formula is C23H22ClNO2S. The Hall–Kier alpha value is -2.43. The molecule has 3 nitrogen and oxygen atoms in total. The average Bonchev–Trinajstić information content (AvgIpc) is 2.70. The first-order valence-electron chi connectivity index (χ1n) is 8.93. The van der Waals surface area contributed by atoms with E-state index in [4.69, 9.17) is 16.3 Å². The molecule has 0 bridgehead atoms. The highest BCUT2D eigenvalue weighted by molar-refractivity contribution is 8.00. The quantitative estimate of drug-likeness (QED) is 0.509. The third-order valence-electron chi connectivity index (χ3n) is 4.29. The van der Waals surface area contributed by atoms with E-state index in [2.05, 4.69) is 17.4 Å². The highest BCUT2D eigenvalue weighted by Crippen LogP contribution is 2.36. The number of nitrogens with one attached hydrogen (secondary N) is 1. The molecule has 0 radical (unpaired) electrons. The molecule has 144 valence electrons. The van der Waals surface area contributed by atoms with E-state index in [1.807, 2.05) is 67.6 Å². The van der Waals surface area contributed by atoms with Gasteiger partial charge in [0.25, 0.3) is 0 Å². The van der Waals surface area contributed by atoms with Gasteiger partial charge in [-0.05, 0) is 47.9 Å². The second-order valence-corrected chi connectivity index (χ2v) is 7.94. The third kappa shape index (κ3) is 5.31. The minimum Gasteiger partial charge on any atom is -0.495 e. The van der Waals surface area contributed by atoms with Gasteiger partial charge in [-0.15, -0.1) is 11.8 Å². The second-order valence-electron chi connectivity index (χ2n) is 6.41. The number of carbonyl (C=O) groups excluding carboxylic acids is 1. The monoisotopic (exact) mass is 411 g/mol. The number of thioether (sulfide) groups is 1. The van der Waals surface area contributed by atoms with Gasteiger partial charge < -0.3 is 10.1 Å². The minimum absolute atomic E-state index is 0.0450. The van der Waals surface area contributed by atoms with E-state index < -0.39 is 0 Å². The fourth-order valence-electron chi connectivity index (χ4n) is 2.92. The molecule has 5 heteroatoms. The summed E-state index contributed by atoms with van der Waals surface area (Å²) in [5, 5.41) is 3.71. The minimum atomic E-state index is -0.0659. The van der Waals surface area contributed by atoms with E-state index in [1.54, 1.807) is 18.9 Å². The van der Waals surface area contributed by atoms with Crippen LogP contribution in [0.2, 0.25) is 5.02 Å². The summed E-state index contributed by atoms with van der Waals surface area (Å²) in [6.45, 7) is 1.98. The molecule has 0 saturated carbocycles. The van der Waals surface area contributed by atoms with E-state index in [0.29, 0.717) is 22.2 Å². The van der Waals surface area contributed by atoms with Crippen LogP contribution in [-0.2, 0) is 4.79 Å². The van der Waals surface area contributed by atoms with Crippen LogP contribution >= 0.6 is 23.4 Å². The van der Waals surface area contributed by atoms with E-state index in [-0.39, 0.29) is 11.2 Å². The molecule has 0 aliphatic carbocycles. The van der Waals surface area contributed by atoms with Crippen molar-refractivity contribution in [2.24, 2.45) is 0 Å². The highest BCUT2D eigenvalue weighted by atomic mass is 35.5. The van der Waals surface area contributed by atoms with Gasteiger partial charge in [-0.25, -0.2) is 0 Å². The number of aryl methyl sites for hydroxylation is 1. The molecule has 28 heavy (non-hydrogen) atoms. The summed E-state index contributed by atoms with van der Waals surface area (Å²) < 4.78 is 5.34. The first kappa shape index (κ1) is 20.3. The van der Waals surface area contributed by atoms with Gasteiger partial charge in [0.05, 0.1) is 23.8 Å². The first-order chi connectivity index (χ1) is 13.6. The lowest BCUT2D eigenvalue weighted by atomic mass is 10.0. The predicted molar refractivity (Wildman–Crippen MR) is 119 cm³/mol. The molecule has 3 rings (SSSR count).